The maximum atomic E-state index is 12.3. The van der Waals surface area contributed by atoms with Crippen LogP contribution in [0.15, 0.2) is 28.5 Å². The molecule has 2 aliphatic heterocycles. The number of carboxylic acid groups (broad SMARTS) is 1. The van der Waals surface area contributed by atoms with Crippen LogP contribution in [-0.2, 0) is 25.6 Å². The predicted octanol–water partition coefficient (Wildman–Crippen LogP) is 0.617. The largest absolute Gasteiger partial charge is 0.479 e. The number of amides is 2. The van der Waals surface area contributed by atoms with Gasteiger partial charge in [-0.3, -0.25) is 14.4 Å². The first-order chi connectivity index (χ1) is 11.4. The van der Waals surface area contributed by atoms with Gasteiger partial charge in [0.25, 0.3) is 0 Å². The summed E-state index contributed by atoms with van der Waals surface area (Å²) in [5.41, 5.74) is 0.0838. The molecule has 1 saturated heterocycles. The fraction of sp³-hybridized carbons (Fsp3) is 0.333. The number of aliphatic carboxylic acids is 1. The van der Waals surface area contributed by atoms with E-state index in [1.54, 1.807) is 0 Å². The van der Waals surface area contributed by atoms with Crippen molar-refractivity contribution in [2.75, 3.05) is 0 Å². The molecule has 0 aliphatic carbocycles. The number of Topliss-reactive ketones (excluding diaryl/α,β-unsaturated/α-hetero) is 1. The number of rotatable bonds is 5. The van der Waals surface area contributed by atoms with Gasteiger partial charge in [0.15, 0.2) is 11.8 Å². The Morgan fingerprint density at radius 1 is 1.38 bits per heavy atom. The van der Waals surface area contributed by atoms with Crippen LogP contribution in [0.4, 0.5) is 0 Å². The van der Waals surface area contributed by atoms with Gasteiger partial charge in [-0.05, 0) is 23.8 Å². The molecule has 1 fully saturated rings. The molecule has 2 aliphatic rings. The van der Waals surface area contributed by atoms with Gasteiger partial charge in [0.2, 0.25) is 11.8 Å². The third-order valence-corrected chi connectivity index (χ3v) is 5.90. The van der Waals surface area contributed by atoms with Crippen molar-refractivity contribution in [3.05, 3.63) is 33.4 Å². The predicted molar refractivity (Wildman–Crippen MR) is 88.4 cm³/mol. The van der Waals surface area contributed by atoms with Crippen LogP contribution < -0.4 is 5.32 Å². The molecule has 0 radical (unpaired) electrons. The number of carbonyl (C=O) groups is 4. The summed E-state index contributed by atoms with van der Waals surface area (Å²) in [5.74, 6) is -2.40. The Hall–Kier alpha value is -2.13. The molecule has 9 heteroatoms. The highest BCUT2D eigenvalue weighted by atomic mass is 32.2. The highest BCUT2D eigenvalue weighted by Gasteiger charge is 2.56. The first kappa shape index (κ1) is 16.7. The Bertz CT molecular complexity index is 743. The van der Waals surface area contributed by atoms with Crippen LogP contribution in [-0.4, -0.2) is 51.0 Å². The van der Waals surface area contributed by atoms with Crippen LogP contribution in [0.3, 0.4) is 0 Å². The SMILES string of the molecule is CC(=O)C1=CS[C@@H]2C(NC(=O)Cc3cccs3)C(=O)N2C1C(=O)O. The molecular formula is C15H14N2O5S2. The van der Waals surface area contributed by atoms with Crippen molar-refractivity contribution in [1.29, 1.82) is 0 Å². The topological polar surface area (TPSA) is 104 Å². The van der Waals surface area contributed by atoms with Gasteiger partial charge in [0, 0.05) is 10.5 Å². The molecule has 7 nitrogen and oxygen atoms in total. The standard InChI is InChI=1S/C15H14N2O5S2/c1-7(18)9-6-24-14-11(13(20)17(14)12(9)15(21)22)16-10(19)5-8-3-2-4-23-8/h2-4,6,11-12,14H,5H2,1H3,(H,16,19)(H,21,22)/t11?,12?,14-/m1/s1. The van der Waals surface area contributed by atoms with Gasteiger partial charge in [-0.1, -0.05) is 6.07 Å². The van der Waals surface area contributed by atoms with Gasteiger partial charge < -0.3 is 15.3 Å². The zero-order valence-electron chi connectivity index (χ0n) is 12.6. The second-order valence-electron chi connectivity index (χ2n) is 5.44. The van der Waals surface area contributed by atoms with Crippen LogP contribution in [0.5, 0.6) is 0 Å². The molecule has 1 aromatic heterocycles. The molecule has 1 aromatic rings. The van der Waals surface area contributed by atoms with E-state index in [0.717, 1.165) is 9.78 Å². The maximum Gasteiger partial charge on any atom is 0.331 e. The molecule has 2 unspecified atom stereocenters. The summed E-state index contributed by atoms with van der Waals surface area (Å²) >= 11 is 2.63. The number of carboxylic acids is 1. The second kappa shape index (κ2) is 6.40. The lowest BCUT2D eigenvalue weighted by molar-refractivity contribution is -0.160. The fourth-order valence-electron chi connectivity index (χ4n) is 2.72. The zero-order chi connectivity index (χ0) is 17.4. The van der Waals surface area contributed by atoms with Crippen LogP contribution in [0.25, 0.3) is 0 Å². The lowest BCUT2D eigenvalue weighted by Crippen LogP contribution is -2.74. The van der Waals surface area contributed by atoms with E-state index >= 15 is 0 Å². The molecule has 2 amide bonds. The summed E-state index contributed by atoms with van der Waals surface area (Å²) < 4.78 is 0. The molecule has 24 heavy (non-hydrogen) atoms. The van der Waals surface area contributed by atoms with Crippen molar-refractivity contribution >= 4 is 46.7 Å². The van der Waals surface area contributed by atoms with Gasteiger partial charge >= 0.3 is 5.97 Å². The minimum Gasteiger partial charge on any atom is -0.479 e. The molecule has 2 N–H and O–H groups in total. The van der Waals surface area contributed by atoms with E-state index in [0.29, 0.717) is 0 Å². The normalized spacial score (nSPS) is 25.4. The van der Waals surface area contributed by atoms with Crippen molar-refractivity contribution in [1.82, 2.24) is 10.2 Å². The molecule has 0 saturated carbocycles. The number of fused-ring (bicyclic) bond motifs is 1. The van der Waals surface area contributed by atoms with Crippen LogP contribution in [0.2, 0.25) is 0 Å². The summed E-state index contributed by atoms with van der Waals surface area (Å²) in [4.78, 5) is 49.4. The minimum absolute atomic E-state index is 0.0838. The quantitative estimate of drug-likeness (QED) is 0.741. The summed E-state index contributed by atoms with van der Waals surface area (Å²) in [6, 6.07) is 1.61. The number of nitrogens with one attached hydrogen (secondary N) is 1. The summed E-state index contributed by atoms with van der Waals surface area (Å²) in [5, 5.41) is 14.8. The summed E-state index contributed by atoms with van der Waals surface area (Å²) in [7, 11) is 0. The Labute approximate surface area is 145 Å². The molecule has 3 rings (SSSR count). The van der Waals surface area contributed by atoms with Crippen LogP contribution in [0.1, 0.15) is 11.8 Å². The van der Waals surface area contributed by atoms with Gasteiger partial charge in [-0.2, -0.15) is 0 Å². The molecular weight excluding hydrogens is 352 g/mol. The minimum atomic E-state index is -1.29. The number of β-lactam (4-membered cyclic amide) rings is 1. The van der Waals surface area contributed by atoms with Crippen molar-refractivity contribution in [3.8, 4) is 0 Å². The fourth-order valence-corrected chi connectivity index (χ4v) is 4.70. The maximum absolute atomic E-state index is 12.3. The molecule has 0 spiro atoms. The highest BCUT2D eigenvalue weighted by molar-refractivity contribution is 8.03. The van der Waals surface area contributed by atoms with E-state index in [4.69, 9.17) is 0 Å². The van der Waals surface area contributed by atoms with E-state index in [9.17, 15) is 24.3 Å². The van der Waals surface area contributed by atoms with Gasteiger partial charge in [0.1, 0.15) is 11.4 Å². The van der Waals surface area contributed by atoms with Gasteiger partial charge in [-0.15, -0.1) is 23.1 Å². The molecule has 126 valence electrons. The average molecular weight is 366 g/mol. The number of nitrogens with zero attached hydrogens (tertiary/aromatic N) is 1. The van der Waals surface area contributed by atoms with Crippen molar-refractivity contribution in [2.45, 2.75) is 30.8 Å². The van der Waals surface area contributed by atoms with Crippen molar-refractivity contribution in [2.24, 2.45) is 0 Å². The second-order valence-corrected chi connectivity index (χ2v) is 7.47. The monoisotopic (exact) mass is 366 g/mol. The van der Waals surface area contributed by atoms with Gasteiger partial charge in [-0.25, -0.2) is 4.79 Å². The van der Waals surface area contributed by atoms with Crippen molar-refractivity contribution in [3.63, 3.8) is 0 Å². The number of thiophene rings is 1. The zero-order valence-corrected chi connectivity index (χ0v) is 14.2. The molecule has 0 bridgehead atoms. The lowest BCUT2D eigenvalue weighted by atomic mass is 9.96. The molecule has 3 atom stereocenters. The van der Waals surface area contributed by atoms with Crippen LogP contribution in [0, 0.1) is 0 Å². The van der Waals surface area contributed by atoms with E-state index in [1.165, 1.54) is 35.4 Å². The highest BCUT2D eigenvalue weighted by Crippen LogP contribution is 2.40. The van der Waals surface area contributed by atoms with Gasteiger partial charge in [0.05, 0.1) is 6.42 Å². The number of ketones is 1. The number of hydrogen-bond acceptors (Lipinski definition) is 6. The number of carbonyl (C=O) groups excluding carboxylic acids is 3. The summed E-state index contributed by atoms with van der Waals surface area (Å²) in [6.45, 7) is 1.27. The van der Waals surface area contributed by atoms with E-state index in [2.05, 4.69) is 5.32 Å². The van der Waals surface area contributed by atoms with E-state index < -0.39 is 29.3 Å². The third kappa shape index (κ3) is 2.84. The van der Waals surface area contributed by atoms with E-state index in [1.807, 2.05) is 17.5 Å². The number of thioether (sulfide) groups is 1. The van der Waals surface area contributed by atoms with Crippen molar-refractivity contribution < 1.29 is 24.3 Å². The summed E-state index contributed by atoms with van der Waals surface area (Å²) in [6.07, 6.45) is 0.176. The lowest BCUT2D eigenvalue weighted by Gasteiger charge is -2.51. The first-order valence-electron chi connectivity index (χ1n) is 7.13. The number of hydrogen-bond donors (Lipinski definition) is 2. The van der Waals surface area contributed by atoms with Crippen LogP contribution >= 0.6 is 23.1 Å². The smallest absolute Gasteiger partial charge is 0.331 e. The van der Waals surface area contributed by atoms with E-state index in [-0.39, 0.29) is 23.7 Å². The average Bonchev–Trinajstić information content (AvgIpc) is 3.03. The Kier molecular flexibility index (Phi) is 4.46. The Balaban J connectivity index is 1.72. The molecule has 3 heterocycles. The Morgan fingerprint density at radius 2 is 2.12 bits per heavy atom. The third-order valence-electron chi connectivity index (χ3n) is 3.86. The first-order valence-corrected chi connectivity index (χ1v) is 8.95. The molecule has 0 aromatic carbocycles. The Morgan fingerprint density at radius 3 is 2.71 bits per heavy atom.